The number of carbonyl (C=O) groups excluding carboxylic acids is 1. The zero-order valence-corrected chi connectivity index (χ0v) is 11.1. The van der Waals surface area contributed by atoms with Crippen LogP contribution in [0, 0.1) is 0 Å². The van der Waals surface area contributed by atoms with Crippen molar-refractivity contribution in [2.45, 2.75) is 31.7 Å². The maximum atomic E-state index is 11.6. The van der Waals surface area contributed by atoms with Gasteiger partial charge in [-0.3, -0.25) is 9.69 Å². The van der Waals surface area contributed by atoms with E-state index in [4.69, 9.17) is 4.74 Å². The van der Waals surface area contributed by atoms with Gasteiger partial charge in [0.2, 0.25) is 5.91 Å². The average molecular weight is 255 g/mol. The lowest BCUT2D eigenvalue weighted by atomic mass is 10.2. The largest absolute Gasteiger partial charge is 0.379 e. The van der Waals surface area contributed by atoms with Crippen LogP contribution in [0.4, 0.5) is 0 Å². The Kier molecular flexibility index (Phi) is 5.90. The number of hydrogen-bond donors (Lipinski definition) is 2. The van der Waals surface area contributed by atoms with Gasteiger partial charge < -0.3 is 15.4 Å². The van der Waals surface area contributed by atoms with Crippen LogP contribution in [0.15, 0.2) is 0 Å². The molecule has 0 radical (unpaired) electrons. The van der Waals surface area contributed by atoms with Crippen molar-refractivity contribution < 1.29 is 9.53 Å². The maximum Gasteiger partial charge on any atom is 0.234 e. The quantitative estimate of drug-likeness (QED) is 0.654. The van der Waals surface area contributed by atoms with Crippen molar-refractivity contribution in [2.24, 2.45) is 0 Å². The lowest BCUT2D eigenvalue weighted by molar-refractivity contribution is -0.120. The van der Waals surface area contributed by atoms with Gasteiger partial charge >= 0.3 is 0 Å². The summed E-state index contributed by atoms with van der Waals surface area (Å²) in [5.74, 6) is 0.142. The molecule has 2 rings (SSSR count). The Hall–Kier alpha value is -0.650. The molecule has 18 heavy (non-hydrogen) atoms. The van der Waals surface area contributed by atoms with Crippen LogP contribution in [-0.4, -0.2) is 62.8 Å². The molecule has 1 saturated carbocycles. The number of amides is 1. The van der Waals surface area contributed by atoms with E-state index < -0.39 is 0 Å². The van der Waals surface area contributed by atoms with Gasteiger partial charge in [0.1, 0.15) is 0 Å². The van der Waals surface area contributed by atoms with Crippen molar-refractivity contribution in [3.63, 3.8) is 0 Å². The van der Waals surface area contributed by atoms with Crippen LogP contribution in [0.25, 0.3) is 0 Å². The predicted molar refractivity (Wildman–Crippen MR) is 70.5 cm³/mol. The first-order chi connectivity index (χ1) is 8.84. The fourth-order valence-corrected chi connectivity index (χ4v) is 2.61. The molecular weight excluding hydrogens is 230 g/mol. The monoisotopic (exact) mass is 255 g/mol. The second-order valence-electron chi connectivity index (χ2n) is 5.18. The summed E-state index contributed by atoms with van der Waals surface area (Å²) in [7, 11) is 0. The fraction of sp³-hybridized carbons (Fsp3) is 0.923. The highest BCUT2D eigenvalue weighted by Gasteiger charge is 2.16. The second-order valence-corrected chi connectivity index (χ2v) is 5.18. The zero-order valence-electron chi connectivity index (χ0n) is 11.1. The minimum atomic E-state index is 0.142. The van der Waals surface area contributed by atoms with E-state index in [1.54, 1.807) is 0 Å². The summed E-state index contributed by atoms with van der Waals surface area (Å²) in [5, 5.41) is 6.29. The normalized spacial score (nSPS) is 22.2. The maximum absolute atomic E-state index is 11.6. The molecule has 0 spiro atoms. The number of carbonyl (C=O) groups is 1. The van der Waals surface area contributed by atoms with Crippen molar-refractivity contribution in [1.29, 1.82) is 0 Å². The van der Waals surface area contributed by atoms with Gasteiger partial charge in [-0.15, -0.1) is 0 Å². The van der Waals surface area contributed by atoms with E-state index in [1.165, 1.54) is 12.8 Å². The van der Waals surface area contributed by atoms with E-state index in [9.17, 15) is 4.79 Å². The Morgan fingerprint density at radius 2 is 1.94 bits per heavy atom. The van der Waals surface area contributed by atoms with Gasteiger partial charge in [-0.2, -0.15) is 0 Å². The van der Waals surface area contributed by atoms with Crippen LogP contribution < -0.4 is 10.6 Å². The lowest BCUT2D eigenvalue weighted by Crippen LogP contribution is -2.43. The third kappa shape index (κ3) is 4.92. The number of ether oxygens (including phenoxy) is 1. The van der Waals surface area contributed by atoms with E-state index >= 15 is 0 Å². The van der Waals surface area contributed by atoms with E-state index in [0.717, 1.165) is 52.2 Å². The molecular formula is C13H25N3O2. The number of nitrogens with zero attached hydrogens (tertiary/aromatic N) is 1. The van der Waals surface area contributed by atoms with Gasteiger partial charge in [0.05, 0.1) is 19.8 Å². The highest BCUT2D eigenvalue weighted by Crippen LogP contribution is 2.17. The van der Waals surface area contributed by atoms with Crippen LogP contribution >= 0.6 is 0 Å². The number of morpholine rings is 1. The minimum absolute atomic E-state index is 0.142. The molecule has 0 aromatic heterocycles. The molecule has 1 heterocycles. The molecule has 0 bridgehead atoms. The molecule has 2 aliphatic rings. The summed E-state index contributed by atoms with van der Waals surface area (Å²) >= 11 is 0. The molecule has 104 valence electrons. The number of rotatable bonds is 6. The lowest BCUT2D eigenvalue weighted by Gasteiger charge is -2.26. The summed E-state index contributed by atoms with van der Waals surface area (Å²) in [4.78, 5) is 14.0. The Morgan fingerprint density at radius 3 is 2.67 bits per heavy atom. The number of hydrogen-bond acceptors (Lipinski definition) is 4. The van der Waals surface area contributed by atoms with Crippen molar-refractivity contribution in [2.75, 3.05) is 45.9 Å². The standard InChI is InChI=1S/C13H25N3O2/c17-13(15-12-3-1-2-4-12)11-14-5-6-16-7-9-18-10-8-16/h12,14H,1-11H2,(H,15,17). The summed E-state index contributed by atoms with van der Waals surface area (Å²) < 4.78 is 5.29. The average Bonchev–Trinajstić information content (AvgIpc) is 2.89. The highest BCUT2D eigenvalue weighted by atomic mass is 16.5. The molecule has 1 aliphatic heterocycles. The SMILES string of the molecule is O=C(CNCCN1CCOCC1)NC1CCCC1. The molecule has 2 N–H and O–H groups in total. The van der Waals surface area contributed by atoms with Crippen molar-refractivity contribution >= 4 is 5.91 Å². The Labute approximate surface area is 109 Å². The molecule has 0 atom stereocenters. The van der Waals surface area contributed by atoms with Gasteiger partial charge in [-0.1, -0.05) is 12.8 Å². The third-order valence-corrected chi connectivity index (χ3v) is 3.71. The minimum Gasteiger partial charge on any atom is -0.379 e. The fourth-order valence-electron chi connectivity index (χ4n) is 2.61. The Morgan fingerprint density at radius 1 is 1.22 bits per heavy atom. The van der Waals surface area contributed by atoms with Crippen LogP contribution in [0.2, 0.25) is 0 Å². The van der Waals surface area contributed by atoms with Crippen LogP contribution in [-0.2, 0) is 9.53 Å². The van der Waals surface area contributed by atoms with E-state index in [-0.39, 0.29) is 5.91 Å². The van der Waals surface area contributed by atoms with Gasteiger partial charge in [-0.05, 0) is 12.8 Å². The summed E-state index contributed by atoms with van der Waals surface area (Å²) in [5.41, 5.74) is 0. The van der Waals surface area contributed by atoms with Crippen molar-refractivity contribution in [3.8, 4) is 0 Å². The molecule has 1 aliphatic carbocycles. The molecule has 0 unspecified atom stereocenters. The third-order valence-electron chi connectivity index (χ3n) is 3.71. The molecule has 5 nitrogen and oxygen atoms in total. The van der Waals surface area contributed by atoms with E-state index in [2.05, 4.69) is 15.5 Å². The Bertz CT molecular complexity index is 249. The van der Waals surface area contributed by atoms with Crippen LogP contribution in [0.1, 0.15) is 25.7 Å². The van der Waals surface area contributed by atoms with E-state index in [0.29, 0.717) is 12.6 Å². The van der Waals surface area contributed by atoms with Gasteiger partial charge in [-0.25, -0.2) is 0 Å². The Balaban J connectivity index is 1.47. The second kappa shape index (κ2) is 7.71. The molecule has 1 amide bonds. The van der Waals surface area contributed by atoms with E-state index in [1.807, 2.05) is 0 Å². The predicted octanol–water partition coefficient (Wildman–Crippen LogP) is -0.0330. The van der Waals surface area contributed by atoms with Gasteiger partial charge in [0.25, 0.3) is 0 Å². The topological polar surface area (TPSA) is 53.6 Å². The molecule has 0 aromatic carbocycles. The first kappa shape index (κ1) is 13.8. The van der Waals surface area contributed by atoms with Gasteiger partial charge in [0, 0.05) is 32.2 Å². The first-order valence-electron chi connectivity index (χ1n) is 7.15. The smallest absolute Gasteiger partial charge is 0.234 e. The molecule has 5 heteroatoms. The van der Waals surface area contributed by atoms with Crippen LogP contribution in [0.5, 0.6) is 0 Å². The van der Waals surface area contributed by atoms with Crippen molar-refractivity contribution in [1.82, 2.24) is 15.5 Å². The first-order valence-corrected chi connectivity index (χ1v) is 7.15. The van der Waals surface area contributed by atoms with Crippen molar-refractivity contribution in [3.05, 3.63) is 0 Å². The zero-order chi connectivity index (χ0) is 12.6. The summed E-state index contributed by atoms with van der Waals surface area (Å²) in [6, 6.07) is 0.429. The summed E-state index contributed by atoms with van der Waals surface area (Å²) in [6.07, 6.45) is 4.82. The number of nitrogens with one attached hydrogen (secondary N) is 2. The highest BCUT2D eigenvalue weighted by molar-refractivity contribution is 5.78. The summed E-state index contributed by atoms with van der Waals surface area (Å²) in [6.45, 7) is 6.01. The molecule has 0 aromatic rings. The molecule has 2 fully saturated rings. The molecule has 1 saturated heterocycles. The van der Waals surface area contributed by atoms with Crippen LogP contribution in [0.3, 0.4) is 0 Å². The van der Waals surface area contributed by atoms with Gasteiger partial charge in [0.15, 0.2) is 0 Å².